The molecule has 0 saturated carbocycles. The van der Waals surface area contributed by atoms with Crippen molar-refractivity contribution in [2.45, 2.75) is 19.4 Å². The van der Waals surface area contributed by atoms with E-state index in [0.29, 0.717) is 13.2 Å². The molecule has 0 aromatic heterocycles. The third kappa shape index (κ3) is 4.77. The molecule has 82 valence electrons. The third-order valence-electron chi connectivity index (χ3n) is 2.26. The minimum Gasteiger partial charge on any atom is -0.373 e. The monoisotopic (exact) mass is 205 g/mol. The molecule has 0 heterocycles. The molecule has 0 spiro atoms. The van der Waals surface area contributed by atoms with Gasteiger partial charge in [0.05, 0.1) is 12.7 Å². The molecule has 1 rings (SSSR count). The third-order valence-corrected chi connectivity index (χ3v) is 2.26. The SMILES string of the molecule is CCC(CN)OCC=Cc1ccccc1. The molecular weight excluding hydrogens is 186 g/mol. The Labute approximate surface area is 91.7 Å². The molecule has 2 heteroatoms. The van der Waals surface area contributed by atoms with Gasteiger partial charge in [-0.25, -0.2) is 0 Å². The van der Waals surface area contributed by atoms with Gasteiger partial charge in [0.1, 0.15) is 0 Å². The summed E-state index contributed by atoms with van der Waals surface area (Å²) in [5.41, 5.74) is 6.72. The van der Waals surface area contributed by atoms with Crippen molar-refractivity contribution in [3.8, 4) is 0 Å². The van der Waals surface area contributed by atoms with E-state index in [-0.39, 0.29) is 6.10 Å². The van der Waals surface area contributed by atoms with E-state index in [9.17, 15) is 0 Å². The van der Waals surface area contributed by atoms with Gasteiger partial charge in [-0.3, -0.25) is 0 Å². The average molecular weight is 205 g/mol. The maximum absolute atomic E-state index is 5.55. The highest BCUT2D eigenvalue weighted by Gasteiger charge is 2.00. The molecule has 0 aliphatic rings. The lowest BCUT2D eigenvalue weighted by molar-refractivity contribution is 0.0782. The summed E-state index contributed by atoms with van der Waals surface area (Å²) >= 11 is 0. The summed E-state index contributed by atoms with van der Waals surface area (Å²) in [6.07, 6.45) is 5.23. The van der Waals surface area contributed by atoms with Gasteiger partial charge < -0.3 is 10.5 Å². The van der Waals surface area contributed by atoms with Gasteiger partial charge in [-0.2, -0.15) is 0 Å². The van der Waals surface area contributed by atoms with Crippen molar-refractivity contribution in [1.29, 1.82) is 0 Å². The van der Waals surface area contributed by atoms with Crippen molar-refractivity contribution in [3.05, 3.63) is 42.0 Å². The van der Waals surface area contributed by atoms with E-state index < -0.39 is 0 Å². The second-order valence-electron chi connectivity index (χ2n) is 3.41. The van der Waals surface area contributed by atoms with Crippen LogP contribution in [0.3, 0.4) is 0 Å². The standard InChI is InChI=1S/C13H19NO/c1-2-13(11-14)15-10-6-9-12-7-4-3-5-8-12/h3-9,13H,2,10-11,14H2,1H3. The van der Waals surface area contributed by atoms with Gasteiger partial charge in [0.2, 0.25) is 0 Å². The van der Waals surface area contributed by atoms with Crippen molar-refractivity contribution in [2.24, 2.45) is 5.73 Å². The molecule has 0 saturated heterocycles. The molecule has 1 aromatic rings. The van der Waals surface area contributed by atoms with Gasteiger partial charge >= 0.3 is 0 Å². The summed E-state index contributed by atoms with van der Waals surface area (Å²) in [5.74, 6) is 0. The van der Waals surface area contributed by atoms with Crippen molar-refractivity contribution < 1.29 is 4.74 Å². The first kappa shape index (κ1) is 12.0. The van der Waals surface area contributed by atoms with Crippen LogP contribution in [0.2, 0.25) is 0 Å². The van der Waals surface area contributed by atoms with Crippen LogP contribution >= 0.6 is 0 Å². The fourth-order valence-electron chi connectivity index (χ4n) is 1.29. The quantitative estimate of drug-likeness (QED) is 0.774. The van der Waals surface area contributed by atoms with Gasteiger partial charge in [-0.15, -0.1) is 0 Å². The van der Waals surface area contributed by atoms with Crippen LogP contribution in [-0.2, 0) is 4.74 Å². The van der Waals surface area contributed by atoms with E-state index in [2.05, 4.69) is 25.1 Å². The fraction of sp³-hybridized carbons (Fsp3) is 0.385. The lowest BCUT2D eigenvalue weighted by Gasteiger charge is -2.11. The second-order valence-corrected chi connectivity index (χ2v) is 3.41. The number of nitrogens with two attached hydrogens (primary N) is 1. The highest BCUT2D eigenvalue weighted by Crippen LogP contribution is 2.01. The zero-order chi connectivity index (χ0) is 10.9. The van der Waals surface area contributed by atoms with Gasteiger partial charge in [0.25, 0.3) is 0 Å². The van der Waals surface area contributed by atoms with Crippen LogP contribution in [0, 0.1) is 0 Å². The van der Waals surface area contributed by atoms with Crippen LogP contribution in [0.25, 0.3) is 6.08 Å². The lowest BCUT2D eigenvalue weighted by Crippen LogP contribution is -2.22. The minimum atomic E-state index is 0.186. The second kappa shape index (κ2) is 7.21. The maximum atomic E-state index is 5.55. The first-order valence-corrected chi connectivity index (χ1v) is 5.40. The summed E-state index contributed by atoms with van der Waals surface area (Å²) in [6.45, 7) is 3.30. The smallest absolute Gasteiger partial charge is 0.0698 e. The van der Waals surface area contributed by atoms with Gasteiger partial charge in [0, 0.05) is 6.54 Å². The van der Waals surface area contributed by atoms with Crippen LogP contribution in [0.1, 0.15) is 18.9 Å². The molecule has 0 aliphatic heterocycles. The molecule has 0 fully saturated rings. The topological polar surface area (TPSA) is 35.2 Å². The van der Waals surface area contributed by atoms with Crippen LogP contribution < -0.4 is 5.73 Å². The summed E-state index contributed by atoms with van der Waals surface area (Å²) in [4.78, 5) is 0. The van der Waals surface area contributed by atoms with Gasteiger partial charge in [-0.1, -0.05) is 49.4 Å². The molecule has 1 atom stereocenters. The number of benzene rings is 1. The van der Waals surface area contributed by atoms with Crippen LogP contribution in [0.5, 0.6) is 0 Å². The Bertz CT molecular complexity index is 278. The molecule has 1 unspecified atom stereocenters. The number of rotatable bonds is 6. The Balaban J connectivity index is 2.28. The normalized spacial score (nSPS) is 13.2. The lowest BCUT2D eigenvalue weighted by atomic mass is 10.2. The maximum Gasteiger partial charge on any atom is 0.0698 e. The number of hydrogen-bond acceptors (Lipinski definition) is 2. The molecule has 0 radical (unpaired) electrons. The highest BCUT2D eigenvalue weighted by atomic mass is 16.5. The van der Waals surface area contributed by atoms with Gasteiger partial charge in [-0.05, 0) is 12.0 Å². The first-order chi connectivity index (χ1) is 7.36. The molecule has 1 aromatic carbocycles. The number of ether oxygens (including phenoxy) is 1. The molecule has 2 nitrogen and oxygen atoms in total. The zero-order valence-corrected chi connectivity index (χ0v) is 9.23. The van der Waals surface area contributed by atoms with E-state index in [4.69, 9.17) is 10.5 Å². The Morgan fingerprint density at radius 1 is 1.33 bits per heavy atom. The number of hydrogen-bond donors (Lipinski definition) is 1. The van der Waals surface area contributed by atoms with Crippen LogP contribution in [-0.4, -0.2) is 19.3 Å². The minimum absolute atomic E-state index is 0.186. The van der Waals surface area contributed by atoms with Crippen molar-refractivity contribution in [2.75, 3.05) is 13.2 Å². The van der Waals surface area contributed by atoms with Crippen molar-refractivity contribution in [3.63, 3.8) is 0 Å². The van der Waals surface area contributed by atoms with E-state index >= 15 is 0 Å². The Morgan fingerprint density at radius 2 is 2.07 bits per heavy atom. The van der Waals surface area contributed by atoms with Crippen LogP contribution in [0.15, 0.2) is 36.4 Å². The predicted molar refractivity (Wildman–Crippen MR) is 64.6 cm³/mol. The first-order valence-electron chi connectivity index (χ1n) is 5.40. The molecule has 0 amide bonds. The highest BCUT2D eigenvalue weighted by molar-refractivity contribution is 5.48. The summed E-state index contributed by atoms with van der Waals surface area (Å²) < 4.78 is 5.55. The Hall–Kier alpha value is -1.12. The predicted octanol–water partition coefficient (Wildman–Crippen LogP) is 2.45. The van der Waals surface area contributed by atoms with Crippen LogP contribution in [0.4, 0.5) is 0 Å². The molecule has 2 N–H and O–H groups in total. The van der Waals surface area contributed by atoms with E-state index in [1.807, 2.05) is 24.3 Å². The largest absolute Gasteiger partial charge is 0.373 e. The molecule has 15 heavy (non-hydrogen) atoms. The Kier molecular flexibility index (Phi) is 5.74. The van der Waals surface area contributed by atoms with E-state index in [1.54, 1.807) is 0 Å². The molecular formula is C13H19NO. The van der Waals surface area contributed by atoms with Crippen molar-refractivity contribution in [1.82, 2.24) is 0 Å². The molecule has 0 aliphatic carbocycles. The van der Waals surface area contributed by atoms with Crippen molar-refractivity contribution >= 4 is 6.08 Å². The van der Waals surface area contributed by atoms with E-state index in [0.717, 1.165) is 6.42 Å². The zero-order valence-electron chi connectivity index (χ0n) is 9.23. The average Bonchev–Trinajstić information content (AvgIpc) is 2.31. The fourth-order valence-corrected chi connectivity index (χ4v) is 1.29. The Morgan fingerprint density at radius 3 is 2.67 bits per heavy atom. The van der Waals surface area contributed by atoms with Gasteiger partial charge in [0.15, 0.2) is 0 Å². The van der Waals surface area contributed by atoms with E-state index in [1.165, 1.54) is 5.56 Å². The summed E-state index contributed by atoms with van der Waals surface area (Å²) in [5, 5.41) is 0. The molecule has 0 bridgehead atoms. The summed E-state index contributed by atoms with van der Waals surface area (Å²) in [6, 6.07) is 10.2. The summed E-state index contributed by atoms with van der Waals surface area (Å²) in [7, 11) is 0.